The summed E-state index contributed by atoms with van der Waals surface area (Å²) in [5.41, 5.74) is 4.99. The van der Waals surface area contributed by atoms with Gasteiger partial charge in [-0.25, -0.2) is 0 Å². The summed E-state index contributed by atoms with van der Waals surface area (Å²) in [5, 5.41) is 0. The molecule has 0 aliphatic carbocycles. The second-order valence-electron chi connectivity index (χ2n) is 3.04. The Balaban J connectivity index is 2.58. The highest BCUT2D eigenvalue weighted by atomic mass is 16.2. The van der Waals surface area contributed by atoms with Gasteiger partial charge in [0.1, 0.15) is 0 Å². The summed E-state index contributed by atoms with van der Waals surface area (Å²) in [6, 6.07) is 0. The van der Waals surface area contributed by atoms with Crippen LogP contribution in [0.1, 0.15) is 20.3 Å². The first-order valence-corrected chi connectivity index (χ1v) is 4.46. The van der Waals surface area contributed by atoms with E-state index in [9.17, 15) is 9.59 Å². The third-order valence-corrected chi connectivity index (χ3v) is 1.79. The predicted octanol–water partition coefficient (Wildman–Crippen LogP) is -0.765. The quantitative estimate of drug-likeness (QED) is 0.502. The van der Waals surface area contributed by atoms with Gasteiger partial charge >= 0.3 is 0 Å². The van der Waals surface area contributed by atoms with Crippen molar-refractivity contribution in [3.8, 4) is 0 Å². The Kier molecular flexibility index (Phi) is 3.44. The van der Waals surface area contributed by atoms with Crippen LogP contribution in [0.2, 0.25) is 0 Å². The number of amides is 2. The fourth-order valence-corrected chi connectivity index (χ4v) is 1.16. The molecule has 1 aliphatic rings. The number of nitrogens with zero attached hydrogens (tertiary/aromatic N) is 2. The largest absolute Gasteiger partial charge is 0.282 e. The minimum absolute atomic E-state index is 0.0821. The summed E-state index contributed by atoms with van der Waals surface area (Å²) < 4.78 is 0. The summed E-state index contributed by atoms with van der Waals surface area (Å²) >= 11 is 0. The van der Waals surface area contributed by atoms with Crippen LogP contribution in [0, 0.1) is 0 Å². The average molecular weight is 198 g/mol. The normalized spacial score (nSPS) is 15.9. The highest BCUT2D eigenvalue weighted by molar-refractivity contribution is 5.97. The molecule has 0 aromatic rings. The van der Waals surface area contributed by atoms with Crippen LogP contribution >= 0.6 is 0 Å². The van der Waals surface area contributed by atoms with Crippen LogP contribution in [0.4, 0.5) is 0 Å². The highest BCUT2D eigenvalue weighted by Crippen LogP contribution is 2.00. The number of carbonyl (C=O) groups is 2. The number of nitrogens with one attached hydrogen (secondary N) is 2. The number of hydrazine groups is 1. The van der Waals surface area contributed by atoms with Gasteiger partial charge in [0.15, 0.2) is 0 Å². The van der Waals surface area contributed by atoms with E-state index < -0.39 is 0 Å². The Morgan fingerprint density at radius 1 is 1.43 bits per heavy atom. The molecular weight excluding hydrogens is 184 g/mol. The number of carbonyl (C=O) groups excluding carboxylic acids is 2. The Morgan fingerprint density at radius 3 is 2.71 bits per heavy atom. The molecule has 1 heterocycles. The molecule has 1 rings (SSSR count). The molecule has 2 N–H and O–H groups in total. The maximum atomic E-state index is 11.1. The molecule has 0 bridgehead atoms. The van der Waals surface area contributed by atoms with Crippen molar-refractivity contribution in [2.45, 2.75) is 20.3 Å². The third-order valence-electron chi connectivity index (χ3n) is 1.79. The second kappa shape index (κ2) is 4.59. The first-order valence-electron chi connectivity index (χ1n) is 4.46. The van der Waals surface area contributed by atoms with Gasteiger partial charge in [0.2, 0.25) is 17.8 Å². The van der Waals surface area contributed by atoms with E-state index in [0.29, 0.717) is 19.0 Å². The molecule has 78 valence electrons. The van der Waals surface area contributed by atoms with Crippen LogP contribution in [-0.2, 0) is 9.59 Å². The highest BCUT2D eigenvalue weighted by Gasteiger charge is 2.18. The summed E-state index contributed by atoms with van der Waals surface area (Å²) in [7, 11) is 0. The van der Waals surface area contributed by atoms with Crippen molar-refractivity contribution < 1.29 is 9.59 Å². The zero-order valence-electron chi connectivity index (χ0n) is 8.33. The minimum atomic E-state index is -0.221. The van der Waals surface area contributed by atoms with Crippen LogP contribution in [0.3, 0.4) is 0 Å². The molecule has 0 aromatic heterocycles. The van der Waals surface area contributed by atoms with E-state index in [1.54, 1.807) is 0 Å². The van der Waals surface area contributed by atoms with E-state index in [1.165, 1.54) is 18.7 Å². The number of hydrogen-bond acceptors (Lipinski definition) is 4. The zero-order chi connectivity index (χ0) is 10.6. The van der Waals surface area contributed by atoms with Crippen molar-refractivity contribution in [3.05, 3.63) is 0 Å². The fraction of sp³-hybridized carbons (Fsp3) is 0.625. The first kappa shape index (κ1) is 10.5. The van der Waals surface area contributed by atoms with Crippen LogP contribution in [-0.4, -0.2) is 35.8 Å². The number of rotatable bonds is 0. The molecule has 1 aliphatic heterocycles. The van der Waals surface area contributed by atoms with E-state index in [1.807, 2.05) is 0 Å². The van der Waals surface area contributed by atoms with Gasteiger partial charge in [0.05, 0.1) is 0 Å². The van der Waals surface area contributed by atoms with Gasteiger partial charge in [-0.2, -0.15) is 0 Å². The van der Waals surface area contributed by atoms with E-state index in [4.69, 9.17) is 0 Å². The van der Waals surface area contributed by atoms with Gasteiger partial charge < -0.3 is 0 Å². The van der Waals surface area contributed by atoms with Gasteiger partial charge in [-0.15, -0.1) is 0 Å². The lowest BCUT2D eigenvalue weighted by Gasteiger charge is -2.26. The van der Waals surface area contributed by atoms with Crippen molar-refractivity contribution in [2.75, 3.05) is 13.1 Å². The molecule has 0 fully saturated rings. The molecule has 14 heavy (non-hydrogen) atoms. The molecule has 2 amide bonds. The summed E-state index contributed by atoms with van der Waals surface area (Å²) in [5.74, 6) is 0.113. The maximum Gasteiger partial charge on any atom is 0.235 e. The summed E-state index contributed by atoms with van der Waals surface area (Å²) in [6.45, 7) is 4.16. The molecule has 0 spiro atoms. The maximum absolute atomic E-state index is 11.1. The van der Waals surface area contributed by atoms with E-state index in [2.05, 4.69) is 15.8 Å². The summed E-state index contributed by atoms with van der Waals surface area (Å²) in [4.78, 5) is 27.4. The minimum Gasteiger partial charge on any atom is -0.282 e. The number of aliphatic imine (C=N–C) groups is 1. The Morgan fingerprint density at radius 2 is 2.14 bits per heavy atom. The van der Waals surface area contributed by atoms with E-state index in [-0.39, 0.29) is 11.8 Å². The number of hydrogen-bond donors (Lipinski definition) is 2. The van der Waals surface area contributed by atoms with Crippen molar-refractivity contribution >= 4 is 17.8 Å². The zero-order valence-corrected chi connectivity index (χ0v) is 8.33. The van der Waals surface area contributed by atoms with Gasteiger partial charge in [0.25, 0.3) is 0 Å². The lowest BCUT2D eigenvalue weighted by molar-refractivity contribution is -0.126. The second-order valence-corrected chi connectivity index (χ2v) is 3.04. The Labute approximate surface area is 82.3 Å². The van der Waals surface area contributed by atoms with Crippen LogP contribution in [0.5, 0.6) is 0 Å². The van der Waals surface area contributed by atoms with Crippen LogP contribution < -0.4 is 10.9 Å². The number of guanidine groups is 1. The predicted molar refractivity (Wildman–Crippen MR) is 51.3 cm³/mol. The monoisotopic (exact) mass is 198 g/mol. The molecule has 0 saturated heterocycles. The lowest BCUT2D eigenvalue weighted by atomic mass is 10.3. The average Bonchev–Trinajstić information content (AvgIpc) is 2.15. The van der Waals surface area contributed by atoms with Crippen LogP contribution in [0.15, 0.2) is 4.99 Å². The van der Waals surface area contributed by atoms with Crippen molar-refractivity contribution in [1.82, 2.24) is 15.8 Å². The fourth-order valence-electron chi connectivity index (χ4n) is 1.16. The smallest absolute Gasteiger partial charge is 0.235 e. The van der Waals surface area contributed by atoms with Gasteiger partial charge in [-0.05, 0) is 6.42 Å². The Bertz CT molecular complexity index is 275. The molecule has 0 unspecified atom stereocenters. The van der Waals surface area contributed by atoms with E-state index >= 15 is 0 Å². The van der Waals surface area contributed by atoms with Crippen LogP contribution in [0.25, 0.3) is 0 Å². The SMILES string of the molecule is CC(=O)NNC1=NCCCN1C(C)=O. The van der Waals surface area contributed by atoms with E-state index in [0.717, 1.165) is 6.42 Å². The van der Waals surface area contributed by atoms with Gasteiger partial charge in [0, 0.05) is 26.9 Å². The van der Waals surface area contributed by atoms with Crippen molar-refractivity contribution in [3.63, 3.8) is 0 Å². The summed E-state index contributed by atoms with van der Waals surface area (Å²) in [6.07, 6.45) is 0.852. The Hall–Kier alpha value is -1.59. The molecule has 6 heteroatoms. The molecule has 0 saturated carbocycles. The first-order chi connectivity index (χ1) is 6.61. The van der Waals surface area contributed by atoms with Gasteiger partial charge in [-0.1, -0.05) is 0 Å². The third kappa shape index (κ3) is 2.72. The molecule has 0 atom stereocenters. The lowest BCUT2D eigenvalue weighted by Crippen LogP contribution is -2.52. The standard InChI is InChI=1S/C8H14N4O2/c1-6(13)10-11-8-9-4-3-5-12(8)7(2)14/h3-5H2,1-2H3,(H,9,11)(H,10,13). The van der Waals surface area contributed by atoms with Gasteiger partial charge in [-0.3, -0.25) is 30.3 Å². The molecular formula is C8H14N4O2. The molecule has 0 aromatic carbocycles. The topological polar surface area (TPSA) is 73.8 Å². The van der Waals surface area contributed by atoms with Crippen molar-refractivity contribution in [1.29, 1.82) is 0 Å². The van der Waals surface area contributed by atoms with Crippen molar-refractivity contribution in [2.24, 2.45) is 4.99 Å². The molecule has 6 nitrogen and oxygen atoms in total. The molecule has 0 radical (unpaired) electrons.